The highest BCUT2D eigenvalue weighted by molar-refractivity contribution is 5.90. The Morgan fingerprint density at radius 3 is 2.88 bits per heavy atom. The van der Waals surface area contributed by atoms with Gasteiger partial charge in [-0.1, -0.05) is 30.3 Å². The number of benzene rings is 2. The maximum Gasteiger partial charge on any atom is 0.192 e. The van der Waals surface area contributed by atoms with Crippen LogP contribution in [0, 0.1) is 6.92 Å². The molecule has 0 spiro atoms. The highest BCUT2D eigenvalue weighted by atomic mass is 16.3. The molecule has 2 nitrogen and oxygen atoms in total. The first-order valence-electron chi connectivity index (χ1n) is 5.80. The monoisotopic (exact) mass is 221 g/mol. The minimum absolute atomic E-state index is 0.740. The topological polar surface area (TPSA) is 26.0 Å². The summed E-state index contributed by atoms with van der Waals surface area (Å²) in [4.78, 5) is 4.39. The first-order valence-corrected chi connectivity index (χ1v) is 5.80. The number of nitrogens with zero attached hydrogens (tertiary/aromatic N) is 1. The van der Waals surface area contributed by atoms with Crippen LogP contribution in [0.3, 0.4) is 0 Å². The molecule has 0 fully saturated rings. The van der Waals surface area contributed by atoms with Crippen molar-refractivity contribution >= 4 is 11.1 Å². The van der Waals surface area contributed by atoms with E-state index < -0.39 is 0 Å². The molecular formula is C15H11NO. The van der Waals surface area contributed by atoms with E-state index >= 15 is 0 Å². The molecule has 1 aromatic heterocycles. The second kappa shape index (κ2) is 2.98. The van der Waals surface area contributed by atoms with Gasteiger partial charge in [0.25, 0.3) is 0 Å². The Morgan fingerprint density at radius 1 is 1.06 bits per heavy atom. The Morgan fingerprint density at radius 2 is 1.94 bits per heavy atom. The lowest BCUT2D eigenvalue weighted by Gasteiger charge is -1.99. The van der Waals surface area contributed by atoms with Crippen molar-refractivity contribution in [1.29, 1.82) is 0 Å². The fourth-order valence-electron chi connectivity index (χ4n) is 2.71. The molecule has 4 rings (SSSR count). The van der Waals surface area contributed by atoms with E-state index in [1.54, 1.807) is 0 Å². The molecule has 0 aliphatic heterocycles. The molecular weight excluding hydrogens is 210 g/mol. The van der Waals surface area contributed by atoms with Gasteiger partial charge >= 0.3 is 0 Å². The molecule has 0 saturated heterocycles. The molecule has 0 saturated carbocycles. The maximum absolute atomic E-state index is 5.73. The second-order valence-corrected chi connectivity index (χ2v) is 4.51. The van der Waals surface area contributed by atoms with Crippen LogP contribution in [0.5, 0.6) is 0 Å². The Kier molecular flexibility index (Phi) is 1.57. The largest absolute Gasteiger partial charge is 0.441 e. The van der Waals surface area contributed by atoms with Crippen molar-refractivity contribution in [3.8, 4) is 11.1 Å². The first-order chi connectivity index (χ1) is 8.33. The van der Waals surface area contributed by atoms with Crippen LogP contribution >= 0.6 is 0 Å². The van der Waals surface area contributed by atoms with Gasteiger partial charge in [0.2, 0.25) is 0 Å². The van der Waals surface area contributed by atoms with Gasteiger partial charge in [-0.2, -0.15) is 0 Å². The lowest BCUT2D eigenvalue weighted by molar-refractivity contribution is 0.558. The van der Waals surface area contributed by atoms with Gasteiger partial charge in [-0.15, -0.1) is 0 Å². The third-order valence-electron chi connectivity index (χ3n) is 3.44. The number of fused-ring (bicyclic) bond motifs is 5. The van der Waals surface area contributed by atoms with E-state index in [0.717, 1.165) is 23.4 Å². The fraction of sp³-hybridized carbons (Fsp3) is 0.133. The Hall–Kier alpha value is -2.09. The van der Waals surface area contributed by atoms with Crippen molar-refractivity contribution < 1.29 is 4.42 Å². The smallest absolute Gasteiger partial charge is 0.192 e. The average molecular weight is 221 g/mol. The summed E-state index contributed by atoms with van der Waals surface area (Å²) in [6.45, 7) is 1.90. The van der Waals surface area contributed by atoms with E-state index in [1.165, 1.54) is 22.3 Å². The molecule has 0 N–H and O–H groups in total. The predicted octanol–water partition coefficient (Wildman–Crippen LogP) is 3.71. The lowest BCUT2D eigenvalue weighted by atomic mass is 10.1. The van der Waals surface area contributed by atoms with Crippen LogP contribution in [-0.4, -0.2) is 4.98 Å². The zero-order valence-electron chi connectivity index (χ0n) is 9.53. The SMILES string of the molecule is Cc1nc2ccc3c(c2o1)Cc1ccccc1-3. The van der Waals surface area contributed by atoms with Crippen molar-refractivity contribution in [3.05, 3.63) is 53.4 Å². The molecule has 3 aromatic rings. The molecule has 1 aliphatic rings. The van der Waals surface area contributed by atoms with Gasteiger partial charge < -0.3 is 4.42 Å². The number of aromatic nitrogens is 1. The van der Waals surface area contributed by atoms with Gasteiger partial charge in [-0.3, -0.25) is 0 Å². The minimum atomic E-state index is 0.740. The fourth-order valence-corrected chi connectivity index (χ4v) is 2.71. The summed E-state index contributed by atoms with van der Waals surface area (Å²) in [6.07, 6.45) is 0.956. The van der Waals surface area contributed by atoms with Crippen LogP contribution in [0.4, 0.5) is 0 Å². The summed E-state index contributed by atoms with van der Waals surface area (Å²) in [5.74, 6) is 0.740. The quantitative estimate of drug-likeness (QED) is 0.452. The van der Waals surface area contributed by atoms with Gasteiger partial charge in [0, 0.05) is 18.9 Å². The molecule has 0 atom stereocenters. The zero-order valence-corrected chi connectivity index (χ0v) is 9.53. The van der Waals surface area contributed by atoms with Crippen LogP contribution in [0.2, 0.25) is 0 Å². The lowest BCUT2D eigenvalue weighted by Crippen LogP contribution is -1.81. The summed E-state index contributed by atoms with van der Waals surface area (Å²) in [7, 11) is 0. The molecule has 0 unspecified atom stereocenters. The summed E-state index contributed by atoms with van der Waals surface area (Å²) in [6, 6.07) is 12.7. The predicted molar refractivity (Wildman–Crippen MR) is 67.0 cm³/mol. The molecule has 2 aromatic carbocycles. The van der Waals surface area contributed by atoms with Crippen molar-refractivity contribution in [2.45, 2.75) is 13.3 Å². The van der Waals surface area contributed by atoms with Crippen molar-refractivity contribution in [2.24, 2.45) is 0 Å². The van der Waals surface area contributed by atoms with Gasteiger partial charge in [-0.05, 0) is 22.8 Å². The normalized spacial score (nSPS) is 12.8. The molecule has 1 heterocycles. The van der Waals surface area contributed by atoms with E-state index in [2.05, 4.69) is 35.3 Å². The molecule has 1 aliphatic carbocycles. The second-order valence-electron chi connectivity index (χ2n) is 4.51. The summed E-state index contributed by atoms with van der Waals surface area (Å²) in [5.41, 5.74) is 7.21. The summed E-state index contributed by atoms with van der Waals surface area (Å²) >= 11 is 0. The maximum atomic E-state index is 5.73. The summed E-state index contributed by atoms with van der Waals surface area (Å²) in [5, 5.41) is 0. The number of hydrogen-bond acceptors (Lipinski definition) is 2. The zero-order chi connectivity index (χ0) is 11.4. The van der Waals surface area contributed by atoms with Crippen LogP contribution in [0.1, 0.15) is 17.0 Å². The van der Waals surface area contributed by atoms with Gasteiger partial charge in [-0.25, -0.2) is 4.98 Å². The molecule has 0 radical (unpaired) electrons. The summed E-state index contributed by atoms with van der Waals surface area (Å²) < 4.78 is 5.73. The highest BCUT2D eigenvalue weighted by Gasteiger charge is 2.22. The van der Waals surface area contributed by atoms with Gasteiger partial charge in [0.05, 0.1) is 0 Å². The minimum Gasteiger partial charge on any atom is -0.441 e. The number of aryl methyl sites for hydroxylation is 1. The first kappa shape index (κ1) is 8.99. The van der Waals surface area contributed by atoms with E-state index in [1.807, 2.05) is 13.0 Å². The Bertz CT molecular complexity index is 740. The number of hydrogen-bond donors (Lipinski definition) is 0. The highest BCUT2D eigenvalue weighted by Crippen LogP contribution is 2.40. The third kappa shape index (κ3) is 1.12. The van der Waals surface area contributed by atoms with Gasteiger partial charge in [0.1, 0.15) is 5.52 Å². The van der Waals surface area contributed by atoms with Crippen LogP contribution in [0.25, 0.3) is 22.2 Å². The Labute approximate surface area is 98.9 Å². The van der Waals surface area contributed by atoms with Crippen LogP contribution < -0.4 is 0 Å². The van der Waals surface area contributed by atoms with E-state index in [-0.39, 0.29) is 0 Å². The third-order valence-corrected chi connectivity index (χ3v) is 3.44. The van der Waals surface area contributed by atoms with Crippen LogP contribution in [0.15, 0.2) is 40.8 Å². The number of oxazole rings is 1. The van der Waals surface area contributed by atoms with E-state index in [9.17, 15) is 0 Å². The van der Waals surface area contributed by atoms with Gasteiger partial charge in [0.15, 0.2) is 11.5 Å². The van der Waals surface area contributed by atoms with Crippen molar-refractivity contribution in [3.63, 3.8) is 0 Å². The standard InChI is InChI=1S/C15H11NO/c1-9-16-14-7-6-12-11-5-3-2-4-10(11)8-13(12)15(14)17-9/h2-7H,8H2,1H3. The Balaban J connectivity index is 2.10. The molecule has 0 bridgehead atoms. The molecule has 82 valence electrons. The van der Waals surface area contributed by atoms with Crippen LogP contribution in [-0.2, 0) is 6.42 Å². The van der Waals surface area contributed by atoms with E-state index in [0.29, 0.717) is 0 Å². The molecule has 2 heteroatoms. The average Bonchev–Trinajstić information content (AvgIpc) is 2.87. The molecule has 17 heavy (non-hydrogen) atoms. The molecule has 0 amide bonds. The van der Waals surface area contributed by atoms with Crippen molar-refractivity contribution in [2.75, 3.05) is 0 Å². The number of rotatable bonds is 0. The van der Waals surface area contributed by atoms with E-state index in [4.69, 9.17) is 4.42 Å². The van der Waals surface area contributed by atoms with Crippen molar-refractivity contribution in [1.82, 2.24) is 4.98 Å².